The number of thioether (sulfide) groups is 1. The third-order valence-corrected chi connectivity index (χ3v) is 3.73. The highest BCUT2D eigenvalue weighted by atomic mass is 32.2. The summed E-state index contributed by atoms with van der Waals surface area (Å²) in [6.07, 6.45) is 1.45. The van der Waals surface area contributed by atoms with Crippen LogP contribution in [0.5, 0.6) is 0 Å². The molecule has 0 saturated heterocycles. The fourth-order valence-corrected chi connectivity index (χ4v) is 1.32. The van der Waals surface area contributed by atoms with Crippen LogP contribution in [0.2, 0.25) is 0 Å². The molecule has 0 radical (unpaired) electrons. The zero-order chi connectivity index (χ0) is 15.1. The van der Waals surface area contributed by atoms with Crippen LogP contribution in [0.15, 0.2) is 0 Å². The second-order valence-electron chi connectivity index (χ2n) is 4.61. The van der Waals surface area contributed by atoms with Crippen LogP contribution in [-0.2, 0) is 9.59 Å². The Balaban J connectivity index is 4.25. The molecule has 0 fully saturated rings. The minimum Gasteiger partial charge on any atom is -0.481 e. The van der Waals surface area contributed by atoms with Gasteiger partial charge in [-0.15, -0.1) is 0 Å². The van der Waals surface area contributed by atoms with Crippen molar-refractivity contribution in [3.05, 3.63) is 0 Å². The number of urea groups is 1. The summed E-state index contributed by atoms with van der Waals surface area (Å²) in [6, 6.07) is -1.81. The normalized spacial score (nSPS) is 12.6. The number of aliphatic carboxylic acids is 2. The number of carboxylic acids is 2. The third-order valence-electron chi connectivity index (χ3n) is 2.48. The van der Waals surface area contributed by atoms with Crippen LogP contribution in [0.1, 0.15) is 26.7 Å². The van der Waals surface area contributed by atoms with E-state index in [2.05, 4.69) is 10.6 Å². The van der Waals surface area contributed by atoms with E-state index in [1.54, 1.807) is 11.8 Å². The number of amides is 2. The zero-order valence-electron chi connectivity index (χ0n) is 11.2. The maximum Gasteiger partial charge on any atom is 0.326 e. The summed E-state index contributed by atoms with van der Waals surface area (Å²) in [5.74, 6) is -2.35. The minimum absolute atomic E-state index is 0.149. The predicted molar refractivity (Wildman–Crippen MR) is 72.4 cm³/mol. The molecule has 0 aliphatic rings. The Morgan fingerprint density at radius 3 is 2.26 bits per heavy atom. The van der Waals surface area contributed by atoms with Crippen LogP contribution in [0, 0.1) is 0 Å². The highest BCUT2D eigenvalue weighted by Gasteiger charge is 2.22. The van der Waals surface area contributed by atoms with E-state index >= 15 is 0 Å². The number of nitrogens with one attached hydrogen (secondary N) is 2. The number of hydrogen-bond donors (Lipinski definition) is 4. The molecule has 7 nitrogen and oxygen atoms in total. The summed E-state index contributed by atoms with van der Waals surface area (Å²) in [4.78, 5) is 32.8. The first-order valence-corrected chi connectivity index (χ1v) is 6.94. The molecular weight excluding hydrogens is 272 g/mol. The zero-order valence-corrected chi connectivity index (χ0v) is 12.0. The molecule has 110 valence electrons. The van der Waals surface area contributed by atoms with E-state index in [9.17, 15) is 14.4 Å². The van der Waals surface area contributed by atoms with E-state index < -0.39 is 24.0 Å². The monoisotopic (exact) mass is 292 g/mol. The van der Waals surface area contributed by atoms with Crippen molar-refractivity contribution in [3.63, 3.8) is 0 Å². The molecular formula is C11H20N2O5S. The number of carbonyl (C=O) groups excluding carboxylic acids is 1. The Morgan fingerprint density at radius 1 is 1.26 bits per heavy atom. The molecule has 0 aliphatic carbocycles. The number of hydrogen-bond acceptors (Lipinski definition) is 4. The number of carbonyl (C=O) groups is 3. The standard InChI is InChI=1S/C11H20N2O5S/c1-11(2,19-3)6-12-10(18)13-7(9(16)17)4-5-8(14)15/h7H,4-6H2,1-3H3,(H,14,15)(H,16,17)(H2,12,13,18)/t7-/m0/s1. The van der Waals surface area contributed by atoms with Gasteiger partial charge < -0.3 is 20.8 Å². The van der Waals surface area contributed by atoms with Gasteiger partial charge in [-0.25, -0.2) is 9.59 Å². The van der Waals surface area contributed by atoms with Crippen LogP contribution >= 0.6 is 11.8 Å². The van der Waals surface area contributed by atoms with E-state index in [1.807, 2.05) is 20.1 Å². The molecule has 0 aromatic rings. The molecule has 0 rings (SSSR count). The molecule has 0 unspecified atom stereocenters. The molecule has 2 amide bonds. The summed E-state index contributed by atoms with van der Waals surface area (Å²) < 4.78 is -0.156. The molecule has 0 bridgehead atoms. The first-order chi connectivity index (χ1) is 8.68. The van der Waals surface area contributed by atoms with Crippen molar-refractivity contribution >= 4 is 29.7 Å². The minimum atomic E-state index is -1.25. The predicted octanol–water partition coefficient (Wildman–Crippen LogP) is 0.745. The van der Waals surface area contributed by atoms with Gasteiger partial charge in [0.25, 0.3) is 0 Å². The lowest BCUT2D eigenvalue weighted by atomic mass is 10.1. The average molecular weight is 292 g/mol. The van der Waals surface area contributed by atoms with Crippen LogP contribution in [0.4, 0.5) is 4.79 Å². The Hall–Kier alpha value is -1.44. The van der Waals surface area contributed by atoms with Gasteiger partial charge in [-0.05, 0) is 26.5 Å². The lowest BCUT2D eigenvalue weighted by molar-refractivity contribution is -0.140. The van der Waals surface area contributed by atoms with Crippen molar-refractivity contribution < 1.29 is 24.6 Å². The summed E-state index contributed by atoms with van der Waals surface area (Å²) in [6.45, 7) is 4.26. The van der Waals surface area contributed by atoms with E-state index in [-0.39, 0.29) is 17.6 Å². The van der Waals surface area contributed by atoms with Crippen molar-refractivity contribution in [2.45, 2.75) is 37.5 Å². The number of carboxylic acid groups (broad SMARTS) is 2. The van der Waals surface area contributed by atoms with Gasteiger partial charge in [0.15, 0.2) is 0 Å². The Morgan fingerprint density at radius 2 is 1.84 bits per heavy atom. The van der Waals surface area contributed by atoms with Gasteiger partial charge in [0.1, 0.15) is 6.04 Å². The highest BCUT2D eigenvalue weighted by Crippen LogP contribution is 2.19. The quantitative estimate of drug-likeness (QED) is 0.524. The van der Waals surface area contributed by atoms with Gasteiger partial charge in [0.2, 0.25) is 0 Å². The first-order valence-electron chi connectivity index (χ1n) is 5.72. The molecule has 0 aliphatic heterocycles. The molecule has 0 saturated carbocycles. The second kappa shape index (κ2) is 7.88. The van der Waals surface area contributed by atoms with Crippen molar-refractivity contribution in [1.82, 2.24) is 10.6 Å². The fourth-order valence-electron chi connectivity index (χ4n) is 1.10. The first kappa shape index (κ1) is 17.6. The van der Waals surface area contributed by atoms with Crippen LogP contribution < -0.4 is 10.6 Å². The van der Waals surface area contributed by atoms with Gasteiger partial charge >= 0.3 is 18.0 Å². The van der Waals surface area contributed by atoms with Gasteiger partial charge in [0, 0.05) is 17.7 Å². The Bertz CT molecular complexity index is 346. The fraction of sp³-hybridized carbons (Fsp3) is 0.727. The van der Waals surface area contributed by atoms with Gasteiger partial charge in [-0.1, -0.05) is 0 Å². The van der Waals surface area contributed by atoms with Crippen LogP contribution in [0.3, 0.4) is 0 Å². The summed E-state index contributed by atoms with van der Waals surface area (Å²) in [7, 11) is 0. The SMILES string of the molecule is CSC(C)(C)CNC(=O)N[C@@H](CCC(=O)O)C(=O)O. The van der Waals surface area contributed by atoms with Crippen LogP contribution in [-0.4, -0.2) is 51.8 Å². The van der Waals surface area contributed by atoms with Crippen LogP contribution in [0.25, 0.3) is 0 Å². The molecule has 19 heavy (non-hydrogen) atoms. The van der Waals surface area contributed by atoms with Gasteiger partial charge in [-0.2, -0.15) is 11.8 Å². The lowest BCUT2D eigenvalue weighted by Gasteiger charge is -2.23. The highest BCUT2D eigenvalue weighted by molar-refractivity contribution is 7.99. The average Bonchev–Trinajstić information content (AvgIpc) is 2.31. The maximum atomic E-state index is 11.5. The molecule has 1 atom stereocenters. The van der Waals surface area contributed by atoms with Crippen molar-refractivity contribution in [2.75, 3.05) is 12.8 Å². The van der Waals surface area contributed by atoms with E-state index in [1.165, 1.54) is 0 Å². The van der Waals surface area contributed by atoms with E-state index in [0.29, 0.717) is 6.54 Å². The second-order valence-corrected chi connectivity index (χ2v) is 6.13. The molecule has 0 aromatic heterocycles. The maximum absolute atomic E-state index is 11.5. The largest absolute Gasteiger partial charge is 0.481 e. The number of rotatable bonds is 8. The molecule has 0 heterocycles. The molecule has 0 spiro atoms. The summed E-state index contributed by atoms with van der Waals surface area (Å²) in [5, 5.41) is 22.2. The molecule has 8 heteroatoms. The summed E-state index contributed by atoms with van der Waals surface area (Å²) >= 11 is 1.57. The van der Waals surface area contributed by atoms with Gasteiger partial charge in [-0.3, -0.25) is 4.79 Å². The Labute approximate surface area is 116 Å². The Kier molecular flexibility index (Phi) is 7.28. The van der Waals surface area contributed by atoms with Crippen molar-refractivity contribution in [2.24, 2.45) is 0 Å². The lowest BCUT2D eigenvalue weighted by Crippen LogP contribution is -2.48. The van der Waals surface area contributed by atoms with E-state index in [0.717, 1.165) is 0 Å². The topological polar surface area (TPSA) is 116 Å². The molecule has 0 aromatic carbocycles. The van der Waals surface area contributed by atoms with Crippen molar-refractivity contribution in [3.8, 4) is 0 Å². The smallest absolute Gasteiger partial charge is 0.326 e. The third kappa shape index (κ3) is 8.30. The van der Waals surface area contributed by atoms with Crippen molar-refractivity contribution in [1.29, 1.82) is 0 Å². The van der Waals surface area contributed by atoms with Gasteiger partial charge in [0.05, 0.1) is 0 Å². The summed E-state index contributed by atoms with van der Waals surface area (Å²) in [5.41, 5.74) is 0. The van der Waals surface area contributed by atoms with E-state index in [4.69, 9.17) is 10.2 Å². The molecule has 4 N–H and O–H groups in total.